The Bertz CT molecular complexity index is 29.9. The van der Waals surface area contributed by atoms with E-state index in [1.54, 1.807) is 0 Å². The van der Waals surface area contributed by atoms with E-state index in [4.69, 9.17) is 10.0 Å². The van der Waals surface area contributed by atoms with E-state index >= 15 is 0 Å². The van der Waals surface area contributed by atoms with Crippen molar-refractivity contribution in [1.82, 2.24) is 0 Å². The molecule has 0 aromatic heterocycles. The minimum absolute atomic E-state index is 0. The minimum Gasteiger partial charge on any atom is 2.00 e. The summed E-state index contributed by atoms with van der Waals surface area (Å²) in [6, 6.07) is 0. The van der Waals surface area contributed by atoms with Crippen LogP contribution in [0, 0.1) is 0 Å². The second-order valence-electron chi connectivity index (χ2n) is 0.204. The Balaban J connectivity index is 0. The molecule has 0 aliphatic carbocycles. The third-order valence-corrected chi connectivity index (χ3v) is 0. The van der Waals surface area contributed by atoms with Crippen LogP contribution in [0.1, 0.15) is 0 Å². The average molecular weight is 239 g/mol. The molecule has 0 aromatic rings. The second-order valence-corrected chi connectivity index (χ2v) is 1.37. The zero-order chi connectivity index (χ0) is 3.58. The Hall–Kier alpha value is 1.03. The van der Waals surface area contributed by atoms with Gasteiger partial charge in [0, 0.05) is 0 Å². The molecular weight excluding hydrogens is 239 g/mol. The van der Waals surface area contributed by atoms with Crippen molar-refractivity contribution in [2.75, 3.05) is 0 Å². The van der Waals surface area contributed by atoms with Crippen LogP contribution in [0.25, 0.3) is 0 Å². The van der Waals surface area contributed by atoms with Gasteiger partial charge in [0.25, 0.3) is 0 Å². The second kappa shape index (κ2) is 5.03. The molecule has 0 saturated carbocycles. The fraction of sp³-hybridized carbons (Fsp3) is 0. The van der Waals surface area contributed by atoms with Gasteiger partial charge in [0.15, 0.2) is 0 Å². The summed E-state index contributed by atoms with van der Waals surface area (Å²) in [6.45, 7) is 0. The van der Waals surface area contributed by atoms with Crippen LogP contribution in [0.4, 0.5) is 0 Å². The summed E-state index contributed by atoms with van der Waals surface area (Å²) in [7, 11) is 0. The van der Waals surface area contributed by atoms with Gasteiger partial charge < -0.3 is 0 Å². The molecule has 0 heterocycles. The van der Waals surface area contributed by atoms with Crippen LogP contribution >= 0.6 is 0 Å². The van der Waals surface area contributed by atoms with Crippen LogP contribution in [0.3, 0.4) is 0 Å². The first kappa shape index (κ1) is 9.39. The Morgan fingerprint density at radius 3 is 1.40 bits per heavy atom. The molecule has 0 amide bonds. The van der Waals surface area contributed by atoms with Crippen molar-refractivity contribution >= 4 is 20.4 Å². The van der Waals surface area contributed by atoms with Gasteiger partial charge in [0.1, 0.15) is 0 Å². The predicted molar refractivity (Wildman–Crippen MR) is 6.44 cm³/mol. The van der Waals surface area contributed by atoms with Gasteiger partial charge in [-0.25, -0.2) is 0 Å². The van der Waals surface area contributed by atoms with E-state index in [2.05, 4.69) is 0 Å². The molecule has 0 saturated heterocycles. The molecule has 0 unspecified atom stereocenters. The van der Waals surface area contributed by atoms with Crippen molar-refractivity contribution in [2.24, 2.45) is 0 Å². The maximum absolute atomic E-state index is 8.59. The number of rotatable bonds is 0. The van der Waals surface area contributed by atoms with E-state index in [-0.39, 0.29) is 17.1 Å². The van der Waals surface area contributed by atoms with Crippen LogP contribution in [-0.2, 0) is 20.2 Å². The van der Waals surface area contributed by atoms with Crippen LogP contribution in [0.15, 0.2) is 0 Å². The summed E-state index contributed by atoms with van der Waals surface area (Å²) in [5.41, 5.74) is 0. The molecule has 0 aliphatic rings. The summed E-state index contributed by atoms with van der Waals surface area (Å²) >= 11 is -4.11. The van der Waals surface area contributed by atoms with Crippen LogP contribution < -0.4 is 6.94 Å². The van der Waals surface area contributed by atoms with E-state index < -0.39 is 20.4 Å². The molecule has 0 rings (SSSR count). The van der Waals surface area contributed by atoms with Gasteiger partial charge in [-0.1, -0.05) is 0 Å². The molecule has 0 spiro atoms. The largest absolute Gasteiger partial charge is 2.00 e. The van der Waals surface area contributed by atoms with Crippen molar-refractivity contribution in [3.63, 3.8) is 0 Å². The van der Waals surface area contributed by atoms with Crippen molar-refractivity contribution in [2.45, 2.75) is 0 Å². The standard InChI is InChI=1S/Cu.H2O3Te/c;1-4(2)3/h;(H2,1,2,3)/q+2;/p-2. The first-order valence-corrected chi connectivity index (χ1v) is 3.35. The van der Waals surface area contributed by atoms with E-state index in [0.717, 1.165) is 0 Å². The maximum Gasteiger partial charge on any atom is 2.00 e. The van der Waals surface area contributed by atoms with Gasteiger partial charge in [-0.2, -0.15) is 0 Å². The fourth-order valence-electron chi connectivity index (χ4n) is 0. The van der Waals surface area contributed by atoms with Crippen LogP contribution in [-0.4, -0.2) is 20.4 Å². The van der Waals surface area contributed by atoms with Crippen molar-refractivity contribution in [3.05, 3.63) is 0 Å². The third kappa shape index (κ3) is 43.6. The Labute approximate surface area is 47.6 Å². The molecule has 0 bridgehead atoms. The van der Waals surface area contributed by atoms with E-state index in [1.165, 1.54) is 0 Å². The van der Waals surface area contributed by atoms with E-state index in [1.807, 2.05) is 0 Å². The van der Waals surface area contributed by atoms with Gasteiger partial charge in [-0.15, -0.1) is 0 Å². The molecule has 0 fully saturated rings. The zero-order valence-electron chi connectivity index (χ0n) is 1.93. The summed E-state index contributed by atoms with van der Waals surface area (Å²) in [6.07, 6.45) is 0. The SMILES string of the molecule is O=[Te]([O-])[O-].[Cu+2]. The molecule has 0 N–H and O–H groups in total. The predicted octanol–water partition coefficient (Wildman–Crippen LogP) is -2.88. The third-order valence-electron chi connectivity index (χ3n) is 0. The van der Waals surface area contributed by atoms with Crippen molar-refractivity contribution < 1.29 is 27.1 Å². The van der Waals surface area contributed by atoms with Crippen molar-refractivity contribution in [3.8, 4) is 0 Å². The van der Waals surface area contributed by atoms with E-state index in [9.17, 15) is 0 Å². The topological polar surface area (TPSA) is 63.2 Å². The van der Waals surface area contributed by atoms with Gasteiger partial charge in [0.2, 0.25) is 0 Å². The van der Waals surface area contributed by atoms with Gasteiger partial charge in [-0.05, 0) is 0 Å². The summed E-state index contributed by atoms with van der Waals surface area (Å²) in [5, 5.41) is 0. The Morgan fingerprint density at radius 2 is 1.40 bits per heavy atom. The first-order chi connectivity index (χ1) is 1.73. The van der Waals surface area contributed by atoms with Gasteiger partial charge in [0.05, 0.1) is 0 Å². The fourth-order valence-corrected chi connectivity index (χ4v) is 0. The van der Waals surface area contributed by atoms with Crippen LogP contribution in [0.5, 0.6) is 0 Å². The molecule has 0 aliphatic heterocycles. The molecular formula is CuO3Te. The summed E-state index contributed by atoms with van der Waals surface area (Å²) < 4.78 is 25.8. The van der Waals surface area contributed by atoms with Gasteiger partial charge >= 0.3 is 47.5 Å². The van der Waals surface area contributed by atoms with Gasteiger partial charge in [-0.3, -0.25) is 0 Å². The number of hydrogen-bond donors (Lipinski definition) is 0. The molecule has 5 heteroatoms. The average Bonchev–Trinajstić information content (AvgIpc) is 0.811. The van der Waals surface area contributed by atoms with Crippen LogP contribution in [0.2, 0.25) is 0 Å². The number of hydrogen-bond acceptors (Lipinski definition) is 3. The Kier molecular flexibility index (Phi) is 9.45. The quantitative estimate of drug-likeness (QED) is 0.426. The zero-order valence-corrected chi connectivity index (χ0v) is 5.21. The smallest absolute Gasteiger partial charge is 2.00 e. The molecule has 35 valence electrons. The normalized spacial score (nSPS) is 7.00. The van der Waals surface area contributed by atoms with E-state index in [0.29, 0.717) is 0 Å². The molecule has 0 atom stereocenters. The van der Waals surface area contributed by atoms with Crippen molar-refractivity contribution in [1.29, 1.82) is 0 Å². The monoisotopic (exact) mass is 241 g/mol. The first-order valence-electron chi connectivity index (χ1n) is 0.500. The summed E-state index contributed by atoms with van der Waals surface area (Å²) in [5.74, 6) is 0. The molecule has 5 heavy (non-hydrogen) atoms. The summed E-state index contributed by atoms with van der Waals surface area (Å²) in [4.78, 5) is 0. The maximum atomic E-state index is 8.59. The molecule has 3 nitrogen and oxygen atoms in total. The minimum atomic E-state index is -4.11. The molecule has 1 radical (unpaired) electrons. The Morgan fingerprint density at radius 1 is 1.40 bits per heavy atom. The molecule has 0 aromatic carbocycles.